The maximum absolute atomic E-state index is 12.8. The minimum atomic E-state index is -0.793. The Morgan fingerprint density at radius 1 is 1.22 bits per heavy atom. The molecule has 0 radical (unpaired) electrons. The second kappa shape index (κ2) is 9.76. The summed E-state index contributed by atoms with van der Waals surface area (Å²) in [5, 5.41) is 39.3. The van der Waals surface area contributed by atoms with Gasteiger partial charge in [0.05, 0.1) is 11.0 Å². The zero-order valence-corrected chi connectivity index (χ0v) is 15.0. The average molecular weight is 394 g/mol. The summed E-state index contributed by atoms with van der Waals surface area (Å²) < 4.78 is 12.8. The van der Waals surface area contributed by atoms with Crippen LogP contribution in [0.4, 0.5) is 15.8 Å². The number of hydrogen-bond donors (Lipinski definition) is 5. The van der Waals surface area contributed by atoms with E-state index < -0.39 is 11.0 Å². The Morgan fingerprint density at radius 2 is 1.93 bits per heavy atom. The van der Waals surface area contributed by atoms with Crippen molar-refractivity contribution in [2.45, 2.75) is 12.6 Å². The number of nitro benzene ring substituents is 1. The number of phenols is 1. The second-order valence-corrected chi connectivity index (χ2v) is 6.11. The van der Waals surface area contributed by atoms with E-state index in [4.69, 9.17) is 12.2 Å². The molecule has 0 saturated heterocycles. The molecule has 2 aromatic rings. The van der Waals surface area contributed by atoms with Crippen LogP contribution >= 0.6 is 12.2 Å². The molecule has 0 heterocycles. The lowest BCUT2D eigenvalue weighted by molar-refractivity contribution is -0.384. The predicted molar refractivity (Wildman–Crippen MR) is 103 cm³/mol. The van der Waals surface area contributed by atoms with E-state index in [0.717, 1.165) is 0 Å². The number of nitro groups is 1. The molecule has 27 heavy (non-hydrogen) atoms. The van der Waals surface area contributed by atoms with E-state index in [1.807, 2.05) is 0 Å². The summed E-state index contributed by atoms with van der Waals surface area (Å²) in [7, 11) is 0. The fourth-order valence-electron chi connectivity index (χ4n) is 2.19. The van der Waals surface area contributed by atoms with Crippen LogP contribution in [0.15, 0.2) is 42.5 Å². The molecule has 1 unspecified atom stereocenters. The molecule has 0 fully saturated rings. The van der Waals surface area contributed by atoms with Crippen molar-refractivity contribution in [3.05, 3.63) is 64.0 Å². The summed E-state index contributed by atoms with van der Waals surface area (Å²) in [5.74, 6) is -0.416. The van der Waals surface area contributed by atoms with Crippen LogP contribution < -0.4 is 16.0 Å². The number of aliphatic hydroxyl groups is 1. The lowest BCUT2D eigenvalue weighted by atomic mass is 10.1. The molecule has 10 heteroatoms. The number of aliphatic hydroxyl groups excluding tert-OH is 1. The molecule has 0 aliphatic heterocycles. The minimum absolute atomic E-state index is 0.0645. The first kappa shape index (κ1) is 20.5. The average Bonchev–Trinajstić information content (AvgIpc) is 2.63. The zero-order chi connectivity index (χ0) is 19.8. The molecule has 0 aromatic heterocycles. The molecular formula is C17H19FN4O4S. The highest BCUT2D eigenvalue weighted by Gasteiger charge is 2.11. The molecule has 8 nitrogen and oxygen atoms in total. The maximum atomic E-state index is 12.8. The van der Waals surface area contributed by atoms with Gasteiger partial charge >= 0.3 is 0 Å². The summed E-state index contributed by atoms with van der Waals surface area (Å²) in [6.07, 6.45) is -0.793. The van der Waals surface area contributed by atoms with Gasteiger partial charge in [-0.3, -0.25) is 10.1 Å². The van der Waals surface area contributed by atoms with Crippen molar-refractivity contribution in [1.29, 1.82) is 0 Å². The summed E-state index contributed by atoms with van der Waals surface area (Å²) in [4.78, 5) is 10.2. The van der Waals surface area contributed by atoms with Gasteiger partial charge in [0.2, 0.25) is 0 Å². The van der Waals surface area contributed by atoms with Crippen molar-refractivity contribution in [2.24, 2.45) is 0 Å². The van der Waals surface area contributed by atoms with Crippen molar-refractivity contribution in [2.75, 3.05) is 18.4 Å². The SMILES string of the molecule is O=[N+]([O-])c1ccc(O)c(CNCC(O)CNC(=S)Nc2ccc(F)cc2)c1. The Bertz CT molecular complexity index is 804. The Hall–Kier alpha value is -2.82. The van der Waals surface area contributed by atoms with E-state index >= 15 is 0 Å². The Kier molecular flexibility index (Phi) is 7.41. The maximum Gasteiger partial charge on any atom is 0.270 e. The molecule has 144 valence electrons. The van der Waals surface area contributed by atoms with E-state index in [1.165, 1.54) is 42.5 Å². The van der Waals surface area contributed by atoms with Crippen LogP contribution in [-0.2, 0) is 6.54 Å². The highest BCUT2D eigenvalue weighted by Crippen LogP contribution is 2.22. The van der Waals surface area contributed by atoms with Crippen LogP contribution in [0, 0.1) is 15.9 Å². The minimum Gasteiger partial charge on any atom is -0.508 e. The highest BCUT2D eigenvalue weighted by atomic mass is 32.1. The fourth-order valence-corrected chi connectivity index (χ4v) is 2.39. The molecule has 0 saturated carbocycles. The van der Waals surface area contributed by atoms with Gasteiger partial charge in [0, 0.05) is 43.0 Å². The van der Waals surface area contributed by atoms with Gasteiger partial charge in [0.25, 0.3) is 5.69 Å². The first-order chi connectivity index (χ1) is 12.8. The van der Waals surface area contributed by atoms with Gasteiger partial charge in [-0.15, -0.1) is 0 Å². The predicted octanol–water partition coefficient (Wildman–Crippen LogP) is 1.88. The van der Waals surface area contributed by atoms with Crippen LogP contribution in [0.2, 0.25) is 0 Å². The molecule has 1 atom stereocenters. The summed E-state index contributed by atoms with van der Waals surface area (Å²) in [6.45, 7) is 0.484. The lowest BCUT2D eigenvalue weighted by Gasteiger charge is -2.15. The smallest absolute Gasteiger partial charge is 0.270 e. The van der Waals surface area contributed by atoms with Crippen LogP contribution in [0.1, 0.15) is 5.56 Å². The molecule has 2 rings (SSSR count). The number of anilines is 1. The van der Waals surface area contributed by atoms with Crippen molar-refractivity contribution in [3.63, 3.8) is 0 Å². The fraction of sp³-hybridized carbons (Fsp3) is 0.235. The molecule has 0 aliphatic carbocycles. The molecule has 0 spiro atoms. The topological polar surface area (TPSA) is 120 Å². The summed E-state index contributed by atoms with van der Waals surface area (Å²) >= 11 is 5.09. The highest BCUT2D eigenvalue weighted by molar-refractivity contribution is 7.80. The zero-order valence-electron chi connectivity index (χ0n) is 14.2. The van der Waals surface area contributed by atoms with Crippen LogP contribution in [0.3, 0.4) is 0 Å². The van der Waals surface area contributed by atoms with Crippen LogP contribution in [0.5, 0.6) is 5.75 Å². The molecule has 0 aliphatic rings. The number of non-ortho nitro benzene ring substituents is 1. The standard InChI is InChI=1S/C17H19FN4O4S/c18-12-1-3-13(4-2-12)21-17(27)20-10-15(23)9-19-8-11-7-14(22(25)26)5-6-16(11)24/h1-7,15,19,23-24H,8-10H2,(H2,20,21,27). The molecule has 5 N–H and O–H groups in total. The number of halogens is 1. The normalized spacial score (nSPS) is 11.6. The number of aromatic hydroxyl groups is 1. The van der Waals surface area contributed by atoms with E-state index in [-0.39, 0.29) is 42.0 Å². The van der Waals surface area contributed by atoms with Gasteiger partial charge in [-0.05, 0) is 42.5 Å². The van der Waals surface area contributed by atoms with Gasteiger partial charge in [-0.1, -0.05) is 0 Å². The lowest BCUT2D eigenvalue weighted by Crippen LogP contribution is -2.39. The molecular weight excluding hydrogens is 375 g/mol. The second-order valence-electron chi connectivity index (χ2n) is 5.70. The van der Waals surface area contributed by atoms with Crippen LogP contribution in [0.25, 0.3) is 0 Å². The van der Waals surface area contributed by atoms with Gasteiger partial charge < -0.3 is 26.2 Å². The van der Waals surface area contributed by atoms with Gasteiger partial charge in [0.15, 0.2) is 5.11 Å². The van der Waals surface area contributed by atoms with E-state index in [9.17, 15) is 24.7 Å². The van der Waals surface area contributed by atoms with Crippen molar-refractivity contribution in [3.8, 4) is 5.75 Å². The van der Waals surface area contributed by atoms with Crippen molar-refractivity contribution < 1.29 is 19.5 Å². The third-order valence-corrected chi connectivity index (χ3v) is 3.82. The number of hydrogen-bond acceptors (Lipinski definition) is 6. The van der Waals surface area contributed by atoms with Gasteiger partial charge in [0.1, 0.15) is 11.6 Å². The first-order valence-electron chi connectivity index (χ1n) is 8.00. The summed E-state index contributed by atoms with van der Waals surface area (Å²) in [6, 6.07) is 9.41. The number of nitrogens with zero attached hydrogens (tertiary/aromatic N) is 1. The molecule has 0 bridgehead atoms. The molecule has 0 amide bonds. The number of phenolic OH excluding ortho intramolecular Hbond substituents is 1. The largest absolute Gasteiger partial charge is 0.508 e. The number of nitrogens with one attached hydrogen (secondary N) is 3. The first-order valence-corrected chi connectivity index (χ1v) is 8.41. The monoisotopic (exact) mass is 394 g/mol. The third-order valence-electron chi connectivity index (χ3n) is 3.57. The van der Waals surface area contributed by atoms with Gasteiger partial charge in [-0.2, -0.15) is 0 Å². The number of rotatable bonds is 8. The Balaban J connectivity index is 1.72. The van der Waals surface area contributed by atoms with Crippen LogP contribution in [-0.4, -0.2) is 39.4 Å². The Morgan fingerprint density at radius 3 is 2.59 bits per heavy atom. The van der Waals surface area contributed by atoms with Crippen molar-refractivity contribution >= 4 is 28.7 Å². The van der Waals surface area contributed by atoms with E-state index in [2.05, 4.69) is 16.0 Å². The summed E-state index contributed by atoms with van der Waals surface area (Å²) in [5.41, 5.74) is 0.851. The van der Waals surface area contributed by atoms with E-state index in [1.54, 1.807) is 0 Å². The van der Waals surface area contributed by atoms with E-state index in [0.29, 0.717) is 11.3 Å². The van der Waals surface area contributed by atoms with Crippen molar-refractivity contribution in [1.82, 2.24) is 10.6 Å². The number of benzene rings is 2. The quantitative estimate of drug-likeness (QED) is 0.262. The Labute approximate surface area is 160 Å². The number of thiocarbonyl (C=S) groups is 1. The van der Waals surface area contributed by atoms with Gasteiger partial charge in [-0.25, -0.2) is 4.39 Å². The molecule has 2 aromatic carbocycles. The third kappa shape index (κ3) is 6.77.